The maximum Gasteiger partial charge on any atom is 0.190 e. The van der Waals surface area contributed by atoms with Crippen LogP contribution in [0.3, 0.4) is 0 Å². The van der Waals surface area contributed by atoms with Gasteiger partial charge in [-0.25, -0.2) is 4.98 Å². The second-order valence-electron chi connectivity index (χ2n) is 8.04. The van der Waals surface area contributed by atoms with Crippen molar-refractivity contribution in [2.45, 2.75) is 25.8 Å². The highest BCUT2D eigenvalue weighted by molar-refractivity contribution is 6.43. The number of anilines is 1. The molecule has 9 nitrogen and oxygen atoms in total. The quantitative estimate of drug-likeness (QED) is 0.454. The van der Waals surface area contributed by atoms with Crippen molar-refractivity contribution in [1.29, 1.82) is 0 Å². The highest BCUT2D eigenvalue weighted by Gasteiger charge is 2.22. The molecule has 0 saturated carbocycles. The Morgan fingerprint density at radius 3 is 2.91 bits per heavy atom. The number of aromatic nitrogens is 7. The molecule has 0 amide bonds. The Balaban J connectivity index is 1.49. The second-order valence-corrected chi connectivity index (χ2v) is 8.83. The molecule has 0 aliphatic carbocycles. The zero-order valence-electron chi connectivity index (χ0n) is 18.1. The van der Waals surface area contributed by atoms with Gasteiger partial charge >= 0.3 is 0 Å². The summed E-state index contributed by atoms with van der Waals surface area (Å²) in [5.74, 6) is 0.732. The average molecular weight is 484 g/mol. The molecule has 0 spiro atoms. The van der Waals surface area contributed by atoms with Gasteiger partial charge in [-0.15, -0.1) is 5.10 Å². The molecule has 1 atom stereocenters. The number of hydrogen-bond acceptors (Lipinski definition) is 7. The van der Waals surface area contributed by atoms with E-state index in [0.29, 0.717) is 39.0 Å². The molecule has 1 aliphatic heterocycles. The third-order valence-electron chi connectivity index (χ3n) is 6.03. The first-order valence-electron chi connectivity index (χ1n) is 10.8. The van der Waals surface area contributed by atoms with E-state index in [1.54, 1.807) is 24.4 Å². The lowest BCUT2D eigenvalue weighted by Crippen LogP contribution is -2.36. The van der Waals surface area contributed by atoms with Gasteiger partial charge in [0.1, 0.15) is 5.82 Å². The Labute approximate surface area is 201 Å². The van der Waals surface area contributed by atoms with Gasteiger partial charge in [0.2, 0.25) is 0 Å². The minimum Gasteiger partial charge on any atom is -0.383 e. The first-order chi connectivity index (χ1) is 16.0. The molecule has 4 aromatic rings. The number of rotatable bonds is 5. The molecule has 1 unspecified atom stereocenters. The van der Waals surface area contributed by atoms with E-state index in [4.69, 9.17) is 28.9 Å². The van der Waals surface area contributed by atoms with E-state index in [1.165, 1.54) is 11.1 Å². The Kier molecular flexibility index (Phi) is 6.01. The summed E-state index contributed by atoms with van der Waals surface area (Å²) in [7, 11) is 0. The number of tetrazole rings is 1. The molecule has 11 heteroatoms. The summed E-state index contributed by atoms with van der Waals surface area (Å²) in [4.78, 5) is 6.86. The Morgan fingerprint density at radius 2 is 2.06 bits per heavy atom. The van der Waals surface area contributed by atoms with E-state index in [0.717, 1.165) is 37.2 Å². The zero-order valence-corrected chi connectivity index (χ0v) is 19.6. The Bertz CT molecular complexity index is 1280. The fraction of sp³-hybridized carbons (Fsp3) is 0.318. The van der Waals surface area contributed by atoms with Crippen LogP contribution in [0.4, 0.5) is 5.82 Å². The van der Waals surface area contributed by atoms with Gasteiger partial charge in [-0.3, -0.25) is 4.68 Å². The predicted octanol–water partition coefficient (Wildman–Crippen LogP) is 4.13. The number of nitrogens with zero attached hydrogens (tertiary/aromatic N) is 8. The number of benzene rings is 1. The smallest absolute Gasteiger partial charge is 0.190 e. The van der Waals surface area contributed by atoms with Crippen molar-refractivity contribution in [2.24, 2.45) is 0 Å². The number of nitrogens with two attached hydrogens (primary N) is 1. The van der Waals surface area contributed by atoms with Crippen LogP contribution >= 0.6 is 23.2 Å². The standard InChI is InChI=1S/C22H23Cl2N9/c1-2-31-8-4-5-16(13-31)32-12-15(11-27-32)14-9-17(21(25)26-10-14)22-28-29-30-33(22)19-7-3-6-18(23)20(19)24/h3,6-7,9-12,16H,2,4-5,8,13H2,1H3,(H2,25,26). The molecular formula is C22H23Cl2N9. The first kappa shape index (κ1) is 21.8. The fourth-order valence-electron chi connectivity index (χ4n) is 4.21. The van der Waals surface area contributed by atoms with E-state index in [9.17, 15) is 0 Å². The van der Waals surface area contributed by atoms with Gasteiger partial charge in [0, 0.05) is 30.1 Å². The number of pyridine rings is 1. The normalized spacial score (nSPS) is 16.9. The van der Waals surface area contributed by atoms with Gasteiger partial charge in [0.05, 0.1) is 33.5 Å². The molecule has 5 rings (SSSR count). The molecule has 33 heavy (non-hydrogen) atoms. The van der Waals surface area contributed by atoms with Crippen molar-refractivity contribution in [3.63, 3.8) is 0 Å². The molecule has 0 bridgehead atoms. The maximum atomic E-state index is 6.40. The van der Waals surface area contributed by atoms with Crippen LogP contribution in [0.5, 0.6) is 0 Å². The number of likely N-dealkylation sites (tertiary alicyclic amines) is 1. The van der Waals surface area contributed by atoms with Crippen LogP contribution in [0.2, 0.25) is 10.0 Å². The monoisotopic (exact) mass is 483 g/mol. The topological polar surface area (TPSA) is 104 Å². The molecule has 1 aromatic carbocycles. The molecule has 4 heterocycles. The van der Waals surface area contributed by atoms with Crippen LogP contribution in [0.25, 0.3) is 28.2 Å². The van der Waals surface area contributed by atoms with Gasteiger partial charge in [0.15, 0.2) is 5.82 Å². The summed E-state index contributed by atoms with van der Waals surface area (Å²) in [5.41, 5.74) is 9.20. The Morgan fingerprint density at radius 1 is 1.18 bits per heavy atom. The molecule has 1 fully saturated rings. The third kappa shape index (κ3) is 4.19. The highest BCUT2D eigenvalue weighted by Crippen LogP contribution is 2.33. The van der Waals surface area contributed by atoms with Gasteiger partial charge in [-0.1, -0.05) is 36.2 Å². The molecule has 170 valence electrons. The van der Waals surface area contributed by atoms with Gasteiger partial charge in [-0.2, -0.15) is 9.78 Å². The van der Waals surface area contributed by atoms with Crippen molar-refractivity contribution in [2.75, 3.05) is 25.4 Å². The largest absolute Gasteiger partial charge is 0.383 e. The number of piperidine rings is 1. The third-order valence-corrected chi connectivity index (χ3v) is 6.83. The number of likely N-dealkylation sites (N-methyl/N-ethyl adjacent to an activating group) is 1. The molecule has 3 aromatic heterocycles. The van der Waals surface area contributed by atoms with Gasteiger partial charge in [0.25, 0.3) is 0 Å². The SMILES string of the molecule is CCN1CCCC(n2cc(-c3cnc(N)c(-c4nnnn4-c4cccc(Cl)c4Cl)c3)cn2)C1. The van der Waals surface area contributed by atoms with Crippen LogP contribution in [0, 0.1) is 0 Å². The Hall–Kier alpha value is -3.01. The lowest BCUT2D eigenvalue weighted by atomic mass is 10.1. The summed E-state index contributed by atoms with van der Waals surface area (Å²) in [6.45, 7) is 5.42. The van der Waals surface area contributed by atoms with Crippen molar-refractivity contribution >= 4 is 29.0 Å². The molecule has 0 radical (unpaired) electrons. The lowest BCUT2D eigenvalue weighted by Gasteiger charge is -2.31. The average Bonchev–Trinajstić information content (AvgIpc) is 3.52. The van der Waals surface area contributed by atoms with E-state index < -0.39 is 0 Å². The van der Waals surface area contributed by atoms with Gasteiger partial charge in [-0.05, 0) is 54.6 Å². The minimum atomic E-state index is 0.311. The molecule has 2 N–H and O–H groups in total. The number of hydrogen-bond donors (Lipinski definition) is 1. The van der Waals surface area contributed by atoms with Crippen LogP contribution < -0.4 is 5.73 Å². The highest BCUT2D eigenvalue weighted by atomic mass is 35.5. The van der Waals surface area contributed by atoms with E-state index in [-0.39, 0.29) is 0 Å². The van der Waals surface area contributed by atoms with Crippen LogP contribution in [-0.2, 0) is 0 Å². The van der Waals surface area contributed by atoms with Gasteiger partial charge < -0.3 is 10.6 Å². The predicted molar refractivity (Wildman–Crippen MR) is 128 cm³/mol. The maximum absolute atomic E-state index is 6.40. The number of nitrogen functional groups attached to an aromatic ring is 1. The summed E-state index contributed by atoms with van der Waals surface area (Å²) in [6, 6.07) is 7.56. The molecule has 1 aliphatic rings. The summed E-state index contributed by atoms with van der Waals surface area (Å²) >= 11 is 12.6. The van der Waals surface area contributed by atoms with E-state index in [1.807, 2.05) is 12.3 Å². The molecular weight excluding hydrogens is 461 g/mol. The first-order valence-corrected chi connectivity index (χ1v) is 11.6. The van der Waals surface area contributed by atoms with Crippen LogP contribution in [0.1, 0.15) is 25.8 Å². The summed E-state index contributed by atoms with van der Waals surface area (Å²) in [5, 5.41) is 17.5. The lowest BCUT2D eigenvalue weighted by molar-refractivity contribution is 0.177. The summed E-state index contributed by atoms with van der Waals surface area (Å²) < 4.78 is 3.57. The van der Waals surface area contributed by atoms with E-state index >= 15 is 0 Å². The molecule has 1 saturated heterocycles. The van der Waals surface area contributed by atoms with Crippen molar-refractivity contribution in [1.82, 2.24) is 39.9 Å². The van der Waals surface area contributed by atoms with E-state index in [2.05, 4.69) is 48.3 Å². The summed E-state index contributed by atoms with van der Waals surface area (Å²) in [6.07, 6.45) is 7.96. The minimum absolute atomic E-state index is 0.311. The fourth-order valence-corrected chi connectivity index (χ4v) is 4.58. The zero-order chi connectivity index (χ0) is 22.9. The van der Waals surface area contributed by atoms with Crippen LogP contribution in [0.15, 0.2) is 42.9 Å². The van der Waals surface area contributed by atoms with Crippen LogP contribution in [-0.4, -0.2) is 59.5 Å². The second kappa shape index (κ2) is 9.09. The number of halogens is 2. The van der Waals surface area contributed by atoms with Crippen molar-refractivity contribution in [3.05, 3.63) is 52.9 Å². The van der Waals surface area contributed by atoms with Crippen molar-refractivity contribution in [3.8, 4) is 28.2 Å². The van der Waals surface area contributed by atoms with Crippen molar-refractivity contribution < 1.29 is 0 Å².